The fourth-order valence-corrected chi connectivity index (χ4v) is 22.2. The van der Waals surface area contributed by atoms with E-state index in [2.05, 4.69) is 534 Å². The molecule has 0 unspecified atom stereocenters. The molecule has 0 saturated carbocycles. The van der Waals surface area contributed by atoms with Crippen LogP contribution in [0.15, 0.2) is 534 Å². The van der Waals surface area contributed by atoms with E-state index < -0.39 is 0 Å². The van der Waals surface area contributed by atoms with Gasteiger partial charge in [-0.1, -0.05) is 528 Å². The van der Waals surface area contributed by atoms with Crippen molar-refractivity contribution in [2.45, 2.75) is 0 Å². The Bertz CT molecular complexity index is 9150. The third-order valence-corrected chi connectivity index (χ3v) is 28.2. The van der Waals surface area contributed by atoms with Crippen molar-refractivity contribution in [3.05, 3.63) is 534 Å². The maximum atomic E-state index is 2.43. The molecular formula is C136H88. The van der Waals surface area contributed by atoms with E-state index in [1.165, 1.54) is 262 Å². The molecule has 0 N–H and O–H groups in total. The first kappa shape index (κ1) is 80.4. The first-order chi connectivity index (χ1) is 67.6. The van der Waals surface area contributed by atoms with E-state index in [-0.39, 0.29) is 0 Å². The number of hydrogen-bond acceptors (Lipinski definition) is 0. The minimum absolute atomic E-state index is 1.23. The summed E-state index contributed by atoms with van der Waals surface area (Å²) in [6.45, 7) is 0. The molecule has 0 spiro atoms. The highest BCUT2D eigenvalue weighted by Gasteiger charge is 2.25. The maximum absolute atomic E-state index is 2.43. The lowest BCUT2D eigenvalue weighted by Gasteiger charge is -2.20. The van der Waals surface area contributed by atoms with E-state index in [4.69, 9.17) is 0 Å². The van der Waals surface area contributed by atoms with Gasteiger partial charge in [0.2, 0.25) is 0 Å². The molecule has 0 radical (unpaired) electrons. The highest BCUT2D eigenvalue weighted by molar-refractivity contribution is 6.30. The van der Waals surface area contributed by atoms with Crippen molar-refractivity contribution in [3.63, 3.8) is 0 Å². The lowest BCUT2D eigenvalue weighted by molar-refractivity contribution is 1.61. The molecule has 0 amide bonds. The third-order valence-electron chi connectivity index (χ3n) is 28.2. The van der Waals surface area contributed by atoms with Crippen LogP contribution in [-0.2, 0) is 0 Å². The highest BCUT2D eigenvalue weighted by atomic mass is 14.3. The predicted octanol–water partition coefficient (Wildman–Crippen LogP) is 38.4. The van der Waals surface area contributed by atoms with Gasteiger partial charge in [0.15, 0.2) is 0 Å². The number of rotatable bonds is 11. The number of benzene rings is 27. The second kappa shape index (κ2) is 34.6. The highest BCUT2D eigenvalue weighted by Crippen LogP contribution is 2.53. The fourth-order valence-electron chi connectivity index (χ4n) is 22.2. The molecule has 0 nitrogen and oxygen atoms in total. The van der Waals surface area contributed by atoms with Gasteiger partial charge in [-0.05, 0) is 269 Å². The lowest BCUT2D eigenvalue weighted by Crippen LogP contribution is -1.93. The molecule has 0 aliphatic heterocycles. The van der Waals surface area contributed by atoms with Crippen molar-refractivity contribution in [3.8, 4) is 122 Å². The van der Waals surface area contributed by atoms with Crippen LogP contribution in [0.1, 0.15) is 0 Å². The van der Waals surface area contributed by atoms with E-state index in [0.29, 0.717) is 0 Å². The lowest BCUT2D eigenvalue weighted by atomic mass is 9.83. The van der Waals surface area contributed by atoms with Crippen LogP contribution in [-0.4, -0.2) is 0 Å². The predicted molar refractivity (Wildman–Crippen MR) is 587 cm³/mol. The number of hydrogen-bond donors (Lipinski definition) is 0. The normalized spacial score (nSPS) is 11.5. The monoisotopic (exact) mass is 1720 g/mol. The Morgan fingerprint density at radius 3 is 0.581 bits per heavy atom. The Hall–Kier alpha value is -17.7. The van der Waals surface area contributed by atoms with E-state index >= 15 is 0 Å². The molecule has 0 aromatic heterocycles. The summed E-state index contributed by atoms with van der Waals surface area (Å²) in [4.78, 5) is 0. The molecule has 27 rings (SSSR count). The molecule has 632 valence electrons. The van der Waals surface area contributed by atoms with Gasteiger partial charge in [-0.25, -0.2) is 0 Å². The smallest absolute Gasteiger partial charge is 0.00201 e. The van der Waals surface area contributed by atoms with E-state index in [1.54, 1.807) is 0 Å². The first-order valence-electron chi connectivity index (χ1n) is 47.2. The summed E-state index contributed by atoms with van der Waals surface area (Å²) in [6.07, 6.45) is 0. The zero-order valence-electron chi connectivity index (χ0n) is 74.8. The van der Waals surface area contributed by atoms with Gasteiger partial charge in [-0.2, -0.15) is 0 Å². The van der Waals surface area contributed by atoms with Crippen molar-refractivity contribution < 1.29 is 0 Å². The summed E-state index contributed by atoms with van der Waals surface area (Å²) in [6, 6.07) is 195. The molecular weight excluding hydrogens is 1630 g/mol. The van der Waals surface area contributed by atoms with E-state index in [0.717, 1.165) is 0 Å². The molecule has 0 heterocycles. The zero-order valence-corrected chi connectivity index (χ0v) is 74.8. The second-order valence-corrected chi connectivity index (χ2v) is 35.6. The molecule has 27 aromatic carbocycles. The topological polar surface area (TPSA) is 0 Å². The van der Waals surface area contributed by atoms with Crippen LogP contribution in [0.25, 0.3) is 262 Å². The van der Waals surface area contributed by atoms with Crippen LogP contribution in [0.5, 0.6) is 0 Å². The molecule has 0 saturated heterocycles. The van der Waals surface area contributed by atoms with E-state index in [9.17, 15) is 0 Å². The van der Waals surface area contributed by atoms with Crippen molar-refractivity contribution in [2.75, 3.05) is 0 Å². The van der Waals surface area contributed by atoms with Gasteiger partial charge in [0, 0.05) is 0 Å². The van der Waals surface area contributed by atoms with Crippen molar-refractivity contribution in [1.82, 2.24) is 0 Å². The second-order valence-electron chi connectivity index (χ2n) is 35.6. The Kier molecular flexibility index (Phi) is 20.4. The first-order valence-corrected chi connectivity index (χ1v) is 47.2. The summed E-state index contributed by atoms with van der Waals surface area (Å²) < 4.78 is 0. The Balaban J connectivity index is 0.000000109. The Labute approximate surface area is 790 Å². The maximum Gasteiger partial charge on any atom is -0.00201 e. The molecule has 136 heavy (non-hydrogen) atoms. The van der Waals surface area contributed by atoms with Crippen LogP contribution < -0.4 is 0 Å². The minimum atomic E-state index is 1.23. The van der Waals surface area contributed by atoms with Gasteiger partial charge in [0.1, 0.15) is 0 Å². The van der Waals surface area contributed by atoms with Crippen LogP contribution in [0.4, 0.5) is 0 Å². The molecule has 27 aromatic rings. The average Bonchev–Trinajstić information content (AvgIpc) is 0.723. The molecule has 0 heteroatoms. The summed E-state index contributed by atoms with van der Waals surface area (Å²) in [5.74, 6) is 0. The quantitative estimate of drug-likeness (QED) is 0.0894. The van der Waals surface area contributed by atoms with Crippen molar-refractivity contribution in [2.24, 2.45) is 0 Å². The van der Waals surface area contributed by atoms with E-state index in [1.807, 2.05) is 0 Å². The summed E-state index contributed by atoms with van der Waals surface area (Å²) in [5, 5.41) is 33.2. The average molecular weight is 1720 g/mol. The summed E-state index contributed by atoms with van der Waals surface area (Å²) in [7, 11) is 0. The summed E-state index contributed by atoms with van der Waals surface area (Å²) >= 11 is 0. The zero-order chi connectivity index (χ0) is 89.9. The fraction of sp³-hybridized carbons (Fsp3) is 0. The molecule has 0 fully saturated rings. The van der Waals surface area contributed by atoms with Gasteiger partial charge in [0.25, 0.3) is 0 Å². The van der Waals surface area contributed by atoms with Gasteiger partial charge in [-0.15, -0.1) is 0 Å². The van der Waals surface area contributed by atoms with Crippen molar-refractivity contribution >= 4 is 140 Å². The van der Waals surface area contributed by atoms with Crippen molar-refractivity contribution in [1.29, 1.82) is 0 Å². The number of fused-ring (bicyclic) bond motifs is 16. The van der Waals surface area contributed by atoms with Crippen LogP contribution >= 0.6 is 0 Å². The van der Waals surface area contributed by atoms with Gasteiger partial charge in [-0.3, -0.25) is 0 Å². The standard InChI is InChI=1S/C48H30.C46H30.C42H28/c1-2-14-31(15-3-1)33-28-29-45(38-20-8-4-16-34(33)38)48-43-24-12-10-22-41(43)47(42-23-11-13-25-44(42)48)32-26-27-40-37-19-6-5-17-35(37)36-18-7-9-21-39(36)46(40)30-32;1-2-13-31(14-3-1)37-29-30-44(39-19-7-6-18-38(37)39)46-42-22-10-8-20-40(42)45(41-21-9-11-23-43(41)46)34-27-25-33(26-28-34)36-24-12-16-32-15-4-5-17-35(32)36;1-3-13-29(14-4-1)30-23-25-32(26-24-30)41-36-19-9-11-21-38(36)42(39-22-12-10-20-37(39)41)40-28-27-33(31-15-5-2-6-16-31)34-17-7-8-18-35(34)40/h1-30H;1-30H;1-28H. The van der Waals surface area contributed by atoms with Gasteiger partial charge >= 0.3 is 0 Å². The summed E-state index contributed by atoms with van der Waals surface area (Å²) in [5.41, 5.74) is 27.7. The third kappa shape index (κ3) is 14.0. The molecule has 0 aliphatic rings. The van der Waals surface area contributed by atoms with Crippen LogP contribution in [0.2, 0.25) is 0 Å². The molecule has 0 aliphatic carbocycles. The van der Waals surface area contributed by atoms with Gasteiger partial charge < -0.3 is 0 Å². The largest absolute Gasteiger partial charge is 0.0622 e. The SMILES string of the molecule is c1ccc(-c2ccc(-c3c4ccccc4c(-c4ccc(-c5cccc6ccccc56)cc4)c4ccccc34)c3ccccc23)cc1.c1ccc(-c2ccc(-c3c4ccccc4c(-c4ccc(-c5ccccc5)c5ccccc45)c4ccccc34)cc2)cc1.c1ccc(-c2ccc(-c3c4ccccc4c(-c4ccc5c6ccccc6c6ccccc6c5c4)c4ccccc34)c3ccccc23)cc1. The molecule has 0 bridgehead atoms. The van der Waals surface area contributed by atoms with Gasteiger partial charge in [0.05, 0.1) is 0 Å². The van der Waals surface area contributed by atoms with Crippen LogP contribution in [0, 0.1) is 0 Å². The van der Waals surface area contributed by atoms with Crippen LogP contribution in [0.3, 0.4) is 0 Å². The molecule has 0 atom stereocenters. The Morgan fingerprint density at radius 2 is 0.257 bits per heavy atom. The Morgan fingerprint density at radius 1 is 0.0735 bits per heavy atom. The minimum Gasteiger partial charge on any atom is -0.0622 e.